The smallest absolute Gasteiger partial charge is 0.182 e. The van der Waals surface area contributed by atoms with Gasteiger partial charge in [0, 0.05) is 25.7 Å². The number of hydrogen-bond acceptors (Lipinski definition) is 2. The Hall–Kier alpha value is -1.16. The predicted molar refractivity (Wildman–Crippen MR) is 83.6 cm³/mol. The van der Waals surface area contributed by atoms with Gasteiger partial charge in [-0.25, -0.2) is 8.78 Å². The van der Waals surface area contributed by atoms with E-state index in [-0.39, 0.29) is 5.41 Å². The third-order valence-corrected chi connectivity index (χ3v) is 3.85. The molecule has 1 heterocycles. The Labute approximate surface area is 126 Å². The molecule has 1 N–H and O–H groups in total. The number of hydrogen-bond donors (Lipinski definition) is 1. The van der Waals surface area contributed by atoms with Crippen LogP contribution in [0.2, 0.25) is 0 Å². The molecule has 0 radical (unpaired) electrons. The van der Waals surface area contributed by atoms with Gasteiger partial charge in [-0.05, 0) is 29.9 Å². The third kappa shape index (κ3) is 4.40. The van der Waals surface area contributed by atoms with Gasteiger partial charge in [-0.3, -0.25) is 0 Å². The standard InChI is InChI=1S/C17H26F2N2/c1-12-8-13(20-11-17(2,3)4)10-21(9-12)15-7-5-6-14(18)16(15)19/h5-7,12-13,20H,8-11H2,1-4H3. The molecule has 0 amide bonds. The topological polar surface area (TPSA) is 15.3 Å². The summed E-state index contributed by atoms with van der Waals surface area (Å²) in [4.78, 5) is 1.97. The van der Waals surface area contributed by atoms with E-state index in [0.717, 1.165) is 26.1 Å². The van der Waals surface area contributed by atoms with Crippen LogP contribution in [0.5, 0.6) is 0 Å². The minimum Gasteiger partial charge on any atom is -0.367 e. The van der Waals surface area contributed by atoms with E-state index in [1.807, 2.05) is 4.90 Å². The summed E-state index contributed by atoms with van der Waals surface area (Å²) >= 11 is 0. The lowest BCUT2D eigenvalue weighted by Crippen LogP contribution is -2.50. The summed E-state index contributed by atoms with van der Waals surface area (Å²) in [5.41, 5.74) is 0.597. The van der Waals surface area contributed by atoms with Crippen LogP contribution in [-0.2, 0) is 0 Å². The minimum absolute atomic E-state index is 0.218. The molecule has 0 bridgehead atoms. The molecule has 1 aliphatic heterocycles. The van der Waals surface area contributed by atoms with E-state index >= 15 is 0 Å². The summed E-state index contributed by atoms with van der Waals surface area (Å²) < 4.78 is 27.4. The number of nitrogens with zero attached hydrogens (tertiary/aromatic N) is 1. The van der Waals surface area contributed by atoms with Crippen LogP contribution in [0.15, 0.2) is 18.2 Å². The first-order chi connectivity index (χ1) is 9.76. The summed E-state index contributed by atoms with van der Waals surface area (Å²) in [5, 5.41) is 3.57. The molecule has 1 saturated heterocycles. The van der Waals surface area contributed by atoms with Gasteiger partial charge in [0.1, 0.15) is 0 Å². The Kier molecular flexibility index (Phi) is 4.87. The lowest BCUT2D eigenvalue weighted by Gasteiger charge is -2.39. The van der Waals surface area contributed by atoms with Crippen LogP contribution in [0.3, 0.4) is 0 Å². The second kappa shape index (κ2) is 6.30. The van der Waals surface area contributed by atoms with Gasteiger partial charge in [-0.1, -0.05) is 33.8 Å². The zero-order valence-corrected chi connectivity index (χ0v) is 13.4. The first-order valence-corrected chi connectivity index (χ1v) is 7.68. The molecular weight excluding hydrogens is 270 g/mol. The Morgan fingerprint density at radius 2 is 1.95 bits per heavy atom. The Balaban J connectivity index is 2.08. The van der Waals surface area contributed by atoms with E-state index in [4.69, 9.17) is 0 Å². The van der Waals surface area contributed by atoms with Gasteiger partial charge >= 0.3 is 0 Å². The zero-order valence-electron chi connectivity index (χ0n) is 13.4. The van der Waals surface area contributed by atoms with Crippen LogP contribution in [0.4, 0.5) is 14.5 Å². The number of benzene rings is 1. The fourth-order valence-electron chi connectivity index (χ4n) is 2.88. The molecule has 1 aromatic rings. The highest BCUT2D eigenvalue weighted by molar-refractivity contribution is 5.48. The molecule has 0 aliphatic carbocycles. The van der Waals surface area contributed by atoms with Gasteiger partial charge in [0.05, 0.1) is 5.69 Å². The zero-order chi connectivity index (χ0) is 15.6. The summed E-state index contributed by atoms with van der Waals surface area (Å²) in [6, 6.07) is 4.72. The molecule has 0 saturated carbocycles. The number of rotatable bonds is 3. The second-order valence-corrected chi connectivity index (χ2v) is 7.46. The van der Waals surface area contributed by atoms with Gasteiger partial charge in [0.2, 0.25) is 0 Å². The van der Waals surface area contributed by atoms with Crippen molar-refractivity contribution in [1.82, 2.24) is 5.32 Å². The number of anilines is 1. The van der Waals surface area contributed by atoms with E-state index in [2.05, 4.69) is 33.0 Å². The van der Waals surface area contributed by atoms with E-state index in [0.29, 0.717) is 17.6 Å². The molecular formula is C17H26F2N2. The highest BCUT2D eigenvalue weighted by atomic mass is 19.2. The minimum atomic E-state index is -0.773. The fraction of sp³-hybridized carbons (Fsp3) is 0.647. The van der Waals surface area contributed by atoms with Crippen LogP contribution in [0.25, 0.3) is 0 Å². The quantitative estimate of drug-likeness (QED) is 0.912. The normalized spacial score (nSPS) is 23.4. The van der Waals surface area contributed by atoms with Crippen LogP contribution in [0, 0.1) is 23.0 Å². The van der Waals surface area contributed by atoms with Crippen molar-refractivity contribution in [2.75, 3.05) is 24.5 Å². The molecule has 4 heteroatoms. The number of halogens is 2. The van der Waals surface area contributed by atoms with Crippen LogP contribution in [-0.4, -0.2) is 25.7 Å². The maximum Gasteiger partial charge on any atom is 0.182 e. The highest BCUT2D eigenvalue weighted by Gasteiger charge is 2.27. The van der Waals surface area contributed by atoms with Crippen molar-refractivity contribution >= 4 is 5.69 Å². The van der Waals surface area contributed by atoms with Gasteiger partial charge < -0.3 is 10.2 Å². The predicted octanol–water partition coefficient (Wildman–Crippen LogP) is 3.82. The molecule has 0 aromatic heterocycles. The summed E-state index contributed by atoms with van der Waals surface area (Å²) in [6.07, 6.45) is 1.07. The first kappa shape index (κ1) is 16.2. The molecule has 1 aromatic carbocycles. The molecule has 2 unspecified atom stereocenters. The number of piperidine rings is 1. The molecule has 1 aliphatic rings. The van der Waals surface area contributed by atoms with Crippen molar-refractivity contribution in [2.24, 2.45) is 11.3 Å². The Bertz CT molecular complexity index is 482. The maximum absolute atomic E-state index is 14.0. The monoisotopic (exact) mass is 296 g/mol. The van der Waals surface area contributed by atoms with Gasteiger partial charge in [-0.15, -0.1) is 0 Å². The molecule has 2 nitrogen and oxygen atoms in total. The second-order valence-electron chi connectivity index (χ2n) is 7.46. The first-order valence-electron chi connectivity index (χ1n) is 7.68. The average Bonchev–Trinajstić information content (AvgIpc) is 2.38. The SMILES string of the molecule is CC1CC(NCC(C)(C)C)CN(c2cccc(F)c2F)C1. The highest BCUT2D eigenvalue weighted by Crippen LogP contribution is 2.27. The van der Waals surface area contributed by atoms with Crippen molar-refractivity contribution in [3.05, 3.63) is 29.8 Å². The lowest BCUT2D eigenvalue weighted by atomic mass is 9.92. The van der Waals surface area contributed by atoms with Crippen LogP contribution < -0.4 is 10.2 Å². The molecule has 2 rings (SSSR count). The summed E-state index contributed by atoms with van der Waals surface area (Å²) in [5.74, 6) is -1.05. The van der Waals surface area contributed by atoms with Gasteiger partial charge in [0.25, 0.3) is 0 Å². The lowest BCUT2D eigenvalue weighted by molar-refractivity contribution is 0.299. The van der Waals surface area contributed by atoms with E-state index in [1.165, 1.54) is 6.07 Å². The van der Waals surface area contributed by atoms with Crippen LogP contribution in [0.1, 0.15) is 34.1 Å². The average molecular weight is 296 g/mol. The maximum atomic E-state index is 14.0. The van der Waals surface area contributed by atoms with E-state index < -0.39 is 11.6 Å². The third-order valence-electron chi connectivity index (χ3n) is 3.85. The molecule has 1 fully saturated rings. The largest absolute Gasteiger partial charge is 0.367 e. The molecule has 118 valence electrons. The van der Waals surface area contributed by atoms with Crippen LogP contribution >= 0.6 is 0 Å². The van der Waals surface area contributed by atoms with Gasteiger partial charge in [-0.2, -0.15) is 0 Å². The molecule has 0 spiro atoms. The van der Waals surface area contributed by atoms with Gasteiger partial charge in [0.15, 0.2) is 11.6 Å². The number of nitrogens with one attached hydrogen (secondary N) is 1. The fourth-order valence-corrected chi connectivity index (χ4v) is 2.88. The van der Waals surface area contributed by atoms with E-state index in [9.17, 15) is 8.78 Å². The van der Waals surface area contributed by atoms with Crippen molar-refractivity contribution in [1.29, 1.82) is 0 Å². The van der Waals surface area contributed by atoms with Crippen molar-refractivity contribution in [2.45, 2.75) is 40.2 Å². The van der Waals surface area contributed by atoms with Crippen molar-refractivity contribution in [3.63, 3.8) is 0 Å². The summed E-state index contributed by atoms with van der Waals surface area (Å²) in [6.45, 7) is 11.1. The Morgan fingerprint density at radius 1 is 1.24 bits per heavy atom. The molecule has 21 heavy (non-hydrogen) atoms. The van der Waals surface area contributed by atoms with Crippen molar-refractivity contribution in [3.8, 4) is 0 Å². The Morgan fingerprint density at radius 3 is 2.62 bits per heavy atom. The molecule has 2 atom stereocenters. The summed E-state index contributed by atoms with van der Waals surface area (Å²) in [7, 11) is 0. The van der Waals surface area contributed by atoms with E-state index in [1.54, 1.807) is 12.1 Å². The van der Waals surface area contributed by atoms with Crippen molar-refractivity contribution < 1.29 is 8.78 Å².